The molecule has 0 unspecified atom stereocenters. The fraction of sp³-hybridized carbons (Fsp3) is 0.125. The van der Waals surface area contributed by atoms with E-state index in [4.69, 9.17) is 11.6 Å². The number of benzene rings is 1. The molecule has 0 spiro atoms. The van der Waals surface area contributed by atoms with Crippen molar-refractivity contribution in [2.45, 2.75) is 6.92 Å². The number of hydrogen-bond donors (Lipinski definition) is 0. The Morgan fingerprint density at radius 2 is 2.36 bits per heavy atom. The zero-order valence-electron chi connectivity index (χ0n) is 5.89. The third-order valence-electron chi connectivity index (χ3n) is 1.64. The standard InChI is InChI=1S/C8H5ClNS/c1-5-6(9)2-3-7-8(5)10-4-11-7/h2-3H,1H3. The van der Waals surface area contributed by atoms with Crippen LogP contribution < -0.4 is 0 Å². The van der Waals surface area contributed by atoms with Gasteiger partial charge in [0.05, 0.1) is 10.2 Å². The normalized spacial score (nSPS) is 10.7. The molecule has 55 valence electrons. The van der Waals surface area contributed by atoms with E-state index in [1.807, 2.05) is 19.1 Å². The first-order chi connectivity index (χ1) is 5.29. The SMILES string of the molecule is Cc1c(Cl)ccc2s[c]nc12. The van der Waals surface area contributed by atoms with Crippen LogP contribution in [0, 0.1) is 12.4 Å². The predicted octanol–water partition coefficient (Wildman–Crippen LogP) is 3.06. The predicted molar refractivity (Wildman–Crippen MR) is 48.2 cm³/mol. The molecule has 11 heavy (non-hydrogen) atoms. The van der Waals surface area contributed by atoms with Crippen molar-refractivity contribution in [3.8, 4) is 0 Å². The van der Waals surface area contributed by atoms with E-state index >= 15 is 0 Å². The second kappa shape index (κ2) is 2.47. The molecule has 0 bridgehead atoms. The van der Waals surface area contributed by atoms with Crippen molar-refractivity contribution >= 4 is 33.2 Å². The Labute approximate surface area is 73.6 Å². The molecule has 2 rings (SSSR count). The zero-order chi connectivity index (χ0) is 7.84. The van der Waals surface area contributed by atoms with Crippen molar-refractivity contribution < 1.29 is 0 Å². The minimum Gasteiger partial charge on any atom is -0.233 e. The number of aromatic nitrogens is 1. The highest BCUT2D eigenvalue weighted by atomic mass is 35.5. The van der Waals surface area contributed by atoms with Gasteiger partial charge in [-0.15, -0.1) is 11.3 Å². The maximum Gasteiger partial charge on any atom is 0.153 e. The van der Waals surface area contributed by atoms with E-state index in [0.29, 0.717) is 0 Å². The molecule has 0 saturated heterocycles. The topological polar surface area (TPSA) is 12.9 Å². The number of nitrogens with zero attached hydrogens (tertiary/aromatic N) is 1. The van der Waals surface area contributed by atoms with Crippen molar-refractivity contribution in [3.05, 3.63) is 28.2 Å². The Kier molecular flexibility index (Phi) is 1.59. The Morgan fingerprint density at radius 3 is 3.18 bits per heavy atom. The molecule has 0 aliphatic carbocycles. The average Bonchev–Trinajstić information content (AvgIpc) is 2.45. The molecule has 0 fully saturated rings. The van der Waals surface area contributed by atoms with Crippen molar-refractivity contribution in [1.29, 1.82) is 0 Å². The van der Waals surface area contributed by atoms with Gasteiger partial charge in [0.25, 0.3) is 0 Å². The highest BCUT2D eigenvalue weighted by Crippen LogP contribution is 2.25. The van der Waals surface area contributed by atoms with Gasteiger partial charge < -0.3 is 0 Å². The molecule has 0 aliphatic heterocycles. The van der Waals surface area contributed by atoms with Gasteiger partial charge in [0.1, 0.15) is 0 Å². The third-order valence-corrected chi connectivity index (χ3v) is 2.78. The Hall–Kier alpha value is -0.600. The maximum atomic E-state index is 5.90. The first-order valence-electron chi connectivity index (χ1n) is 3.21. The van der Waals surface area contributed by atoms with E-state index in [9.17, 15) is 0 Å². The Morgan fingerprint density at radius 1 is 1.55 bits per heavy atom. The molecule has 1 nitrogen and oxygen atoms in total. The van der Waals surface area contributed by atoms with Gasteiger partial charge in [0, 0.05) is 5.02 Å². The fourth-order valence-corrected chi connectivity index (χ4v) is 1.81. The van der Waals surface area contributed by atoms with Crippen LogP contribution in [-0.2, 0) is 0 Å². The van der Waals surface area contributed by atoms with E-state index in [0.717, 1.165) is 20.8 Å². The third kappa shape index (κ3) is 1.03. The summed E-state index contributed by atoms with van der Waals surface area (Å²) >= 11 is 7.41. The first-order valence-corrected chi connectivity index (χ1v) is 4.40. The number of fused-ring (bicyclic) bond motifs is 1. The fourth-order valence-electron chi connectivity index (χ4n) is 0.990. The van der Waals surface area contributed by atoms with Crippen LogP contribution in [-0.4, -0.2) is 4.98 Å². The number of halogens is 1. The molecule has 3 heteroatoms. The minimum absolute atomic E-state index is 0.775. The lowest BCUT2D eigenvalue weighted by Crippen LogP contribution is -1.76. The van der Waals surface area contributed by atoms with Crippen LogP contribution in [0.4, 0.5) is 0 Å². The Bertz CT molecular complexity index is 394. The summed E-state index contributed by atoms with van der Waals surface area (Å²) in [5.74, 6) is 0. The molecule has 1 radical (unpaired) electrons. The smallest absolute Gasteiger partial charge is 0.153 e. The molecule has 0 atom stereocenters. The molecular formula is C8H5ClNS. The van der Waals surface area contributed by atoms with Gasteiger partial charge in [-0.1, -0.05) is 11.6 Å². The van der Waals surface area contributed by atoms with Gasteiger partial charge in [-0.05, 0) is 24.6 Å². The van der Waals surface area contributed by atoms with Gasteiger partial charge in [-0.25, -0.2) is 4.98 Å². The van der Waals surface area contributed by atoms with E-state index in [2.05, 4.69) is 10.5 Å². The Balaban J connectivity index is 2.93. The molecule has 0 amide bonds. The van der Waals surface area contributed by atoms with E-state index in [1.54, 1.807) is 0 Å². The summed E-state index contributed by atoms with van der Waals surface area (Å²) in [6.45, 7) is 1.97. The van der Waals surface area contributed by atoms with Gasteiger partial charge in [0.2, 0.25) is 0 Å². The van der Waals surface area contributed by atoms with Crippen molar-refractivity contribution in [2.75, 3.05) is 0 Å². The molecule has 1 aromatic carbocycles. The van der Waals surface area contributed by atoms with Crippen LogP contribution in [0.15, 0.2) is 12.1 Å². The summed E-state index contributed by atoms with van der Waals surface area (Å²) in [4.78, 5) is 4.09. The summed E-state index contributed by atoms with van der Waals surface area (Å²) in [6, 6.07) is 3.87. The highest BCUT2D eigenvalue weighted by Gasteiger charge is 2.02. The van der Waals surface area contributed by atoms with Crippen LogP contribution in [0.3, 0.4) is 0 Å². The number of thiazole rings is 1. The largest absolute Gasteiger partial charge is 0.233 e. The van der Waals surface area contributed by atoms with E-state index in [-0.39, 0.29) is 0 Å². The quantitative estimate of drug-likeness (QED) is 0.610. The van der Waals surface area contributed by atoms with Crippen molar-refractivity contribution in [2.24, 2.45) is 0 Å². The summed E-state index contributed by atoms with van der Waals surface area (Å²) in [5.41, 5.74) is 4.86. The molecule has 1 heterocycles. The van der Waals surface area contributed by atoms with Crippen molar-refractivity contribution in [1.82, 2.24) is 4.98 Å². The lowest BCUT2D eigenvalue weighted by atomic mass is 10.2. The van der Waals surface area contributed by atoms with Crippen LogP contribution in [0.25, 0.3) is 10.2 Å². The van der Waals surface area contributed by atoms with Crippen molar-refractivity contribution in [3.63, 3.8) is 0 Å². The van der Waals surface area contributed by atoms with Crippen LogP contribution in [0.2, 0.25) is 5.02 Å². The minimum atomic E-state index is 0.775. The lowest BCUT2D eigenvalue weighted by Gasteiger charge is -1.95. The summed E-state index contributed by atoms with van der Waals surface area (Å²) in [7, 11) is 0. The summed E-state index contributed by atoms with van der Waals surface area (Å²) in [6.07, 6.45) is 0. The van der Waals surface area contributed by atoms with E-state index in [1.165, 1.54) is 11.3 Å². The lowest BCUT2D eigenvalue weighted by molar-refractivity contribution is 1.42. The van der Waals surface area contributed by atoms with E-state index < -0.39 is 0 Å². The molecule has 0 aliphatic rings. The molecule has 1 aromatic heterocycles. The number of aryl methyl sites for hydroxylation is 1. The number of rotatable bonds is 0. The average molecular weight is 183 g/mol. The second-order valence-electron chi connectivity index (χ2n) is 2.32. The molecule has 0 N–H and O–H groups in total. The monoisotopic (exact) mass is 182 g/mol. The highest BCUT2D eigenvalue weighted by molar-refractivity contribution is 7.16. The molecular weight excluding hydrogens is 178 g/mol. The van der Waals surface area contributed by atoms with Gasteiger partial charge >= 0.3 is 0 Å². The van der Waals surface area contributed by atoms with Crippen LogP contribution in [0.5, 0.6) is 0 Å². The van der Waals surface area contributed by atoms with Gasteiger partial charge in [-0.2, -0.15) is 0 Å². The van der Waals surface area contributed by atoms with Crippen LogP contribution >= 0.6 is 22.9 Å². The molecule has 0 saturated carbocycles. The first kappa shape index (κ1) is 7.07. The zero-order valence-corrected chi connectivity index (χ0v) is 7.46. The summed E-state index contributed by atoms with van der Waals surface area (Å²) < 4.78 is 1.15. The van der Waals surface area contributed by atoms with Gasteiger partial charge in [-0.3, -0.25) is 0 Å². The number of hydrogen-bond acceptors (Lipinski definition) is 2. The summed E-state index contributed by atoms with van der Waals surface area (Å²) in [5, 5.41) is 0.775. The van der Waals surface area contributed by atoms with Gasteiger partial charge in [0.15, 0.2) is 5.51 Å². The molecule has 2 aromatic rings. The van der Waals surface area contributed by atoms with Crippen LogP contribution in [0.1, 0.15) is 5.56 Å². The maximum absolute atomic E-state index is 5.90. The second-order valence-corrected chi connectivity index (χ2v) is 3.56.